The van der Waals surface area contributed by atoms with Gasteiger partial charge in [0.1, 0.15) is 5.75 Å². The maximum Gasteiger partial charge on any atom is 0.160 e. The first-order chi connectivity index (χ1) is 11.7. The van der Waals surface area contributed by atoms with Crippen LogP contribution in [0.3, 0.4) is 0 Å². The summed E-state index contributed by atoms with van der Waals surface area (Å²) in [5.74, 6) is 1.12. The fraction of sp³-hybridized carbons (Fsp3) is 0.273. The van der Waals surface area contributed by atoms with Gasteiger partial charge >= 0.3 is 0 Å². The second kappa shape index (κ2) is 11.2. The zero-order chi connectivity index (χ0) is 17.9. The Balaban J connectivity index is 0.00000139. The Labute approximate surface area is 155 Å². The molecule has 0 N–H and O–H groups in total. The van der Waals surface area contributed by atoms with Crippen molar-refractivity contribution in [2.45, 2.75) is 49.3 Å². The predicted octanol–water partition coefficient (Wildman–Crippen LogP) is 7.26. The lowest BCUT2D eigenvalue weighted by Crippen LogP contribution is -2.07. The van der Waals surface area contributed by atoms with Crippen LogP contribution in [0, 0.1) is 6.92 Å². The number of rotatable bonds is 6. The molecule has 0 spiro atoms. The minimum Gasteiger partial charge on any atom is -0.0941 e. The lowest BCUT2D eigenvalue weighted by molar-refractivity contribution is 1.31. The molecule has 0 radical (unpaired) electrons. The van der Waals surface area contributed by atoms with Gasteiger partial charge < -0.3 is 0 Å². The zero-order valence-electron chi connectivity index (χ0n) is 15.5. The molecule has 1 atom stereocenters. The van der Waals surface area contributed by atoms with E-state index < -0.39 is 0 Å². The molecule has 0 saturated heterocycles. The molecule has 2 aromatic rings. The summed E-state index contributed by atoms with van der Waals surface area (Å²) in [6.07, 6.45) is 4.16. The highest BCUT2D eigenvalue weighted by Gasteiger charge is 2.22. The molecule has 0 amide bonds. The zero-order valence-corrected chi connectivity index (χ0v) is 17.1. The average Bonchev–Trinajstić information content (AvgIpc) is 2.64. The van der Waals surface area contributed by atoms with Gasteiger partial charge in [-0.15, -0.1) is 0 Å². The van der Waals surface area contributed by atoms with Crippen LogP contribution >= 0.6 is 11.8 Å². The van der Waals surface area contributed by atoms with Gasteiger partial charge in [0.2, 0.25) is 0 Å². The van der Waals surface area contributed by atoms with E-state index >= 15 is 0 Å². The van der Waals surface area contributed by atoms with E-state index in [1.807, 2.05) is 31.7 Å². The van der Waals surface area contributed by atoms with E-state index in [1.165, 1.54) is 25.2 Å². The Morgan fingerprint density at radius 3 is 1.92 bits per heavy atom. The van der Waals surface area contributed by atoms with E-state index in [1.54, 1.807) is 0 Å². The van der Waals surface area contributed by atoms with Gasteiger partial charge in [-0.2, -0.15) is 0 Å². The summed E-state index contributed by atoms with van der Waals surface area (Å²) in [6, 6.07) is 17.7. The minimum absolute atomic E-state index is 0.143. The predicted molar refractivity (Wildman–Crippen MR) is 113 cm³/mol. The third kappa shape index (κ3) is 5.92. The summed E-state index contributed by atoms with van der Waals surface area (Å²) in [4.78, 5) is 5.30. The van der Waals surface area contributed by atoms with Crippen LogP contribution in [0.5, 0.6) is 0 Å². The molecule has 0 fully saturated rings. The van der Waals surface area contributed by atoms with Crippen LogP contribution in [-0.2, 0) is 10.9 Å². The molecule has 1 unspecified atom stereocenters. The Morgan fingerprint density at radius 2 is 1.50 bits per heavy atom. The monoisotopic (exact) mass is 357 g/mol. The van der Waals surface area contributed by atoms with E-state index in [4.69, 9.17) is 0 Å². The van der Waals surface area contributed by atoms with Gasteiger partial charge in [0.05, 0.1) is 10.9 Å². The summed E-state index contributed by atoms with van der Waals surface area (Å²) < 4.78 is 0. The highest BCUT2D eigenvalue weighted by molar-refractivity contribution is 8.00. The fourth-order valence-electron chi connectivity index (χ4n) is 2.24. The first kappa shape index (κ1) is 20.7. The first-order valence-corrected chi connectivity index (χ1v) is 10.7. The highest BCUT2D eigenvalue weighted by Crippen LogP contribution is 2.30. The molecule has 0 nitrogen and oxygen atoms in total. The molecule has 2 rings (SSSR count). The van der Waals surface area contributed by atoms with Crippen molar-refractivity contribution in [3.05, 3.63) is 77.7 Å². The molecule has 0 aliphatic rings. The summed E-state index contributed by atoms with van der Waals surface area (Å²) in [7, 11) is 0.143. The van der Waals surface area contributed by atoms with Crippen molar-refractivity contribution in [1.29, 1.82) is 0 Å². The number of aryl methyl sites for hydroxylation is 1. The maximum absolute atomic E-state index is 3.94. The van der Waals surface area contributed by atoms with Crippen molar-refractivity contribution in [3.63, 3.8) is 0 Å². The van der Waals surface area contributed by atoms with Crippen LogP contribution in [0.4, 0.5) is 0 Å². The van der Waals surface area contributed by atoms with Crippen molar-refractivity contribution in [2.24, 2.45) is 0 Å². The van der Waals surface area contributed by atoms with Crippen molar-refractivity contribution < 1.29 is 0 Å². The normalized spacial score (nSPS) is 12.1. The number of hydrogen-bond donors (Lipinski definition) is 0. The average molecular weight is 358 g/mol. The molecule has 24 heavy (non-hydrogen) atoms. The van der Waals surface area contributed by atoms with Crippen molar-refractivity contribution >= 4 is 22.7 Å². The van der Waals surface area contributed by atoms with Crippen LogP contribution in [-0.4, -0.2) is 5.75 Å². The van der Waals surface area contributed by atoms with Gasteiger partial charge in [0, 0.05) is 9.79 Å². The van der Waals surface area contributed by atoms with E-state index in [9.17, 15) is 0 Å². The Morgan fingerprint density at radius 1 is 1.00 bits per heavy atom. The van der Waals surface area contributed by atoms with E-state index in [2.05, 4.69) is 82.0 Å². The molecule has 2 heteroatoms. The molecule has 0 aliphatic carbocycles. The Bertz CT molecular complexity index is 637. The lowest BCUT2D eigenvalue weighted by atomic mass is 10.2. The van der Waals surface area contributed by atoms with Crippen LogP contribution in [0.15, 0.2) is 86.9 Å². The lowest BCUT2D eigenvalue weighted by Gasteiger charge is -2.07. The topological polar surface area (TPSA) is 0 Å². The summed E-state index contributed by atoms with van der Waals surface area (Å²) in [5, 5.41) is 0. The molecule has 0 aliphatic heterocycles. The van der Waals surface area contributed by atoms with E-state index in [0.29, 0.717) is 0 Å². The van der Waals surface area contributed by atoms with Crippen molar-refractivity contribution in [2.75, 3.05) is 5.75 Å². The highest BCUT2D eigenvalue weighted by atomic mass is 32.2. The molecule has 128 valence electrons. The van der Waals surface area contributed by atoms with Crippen molar-refractivity contribution in [3.8, 4) is 0 Å². The summed E-state index contributed by atoms with van der Waals surface area (Å²) in [5.41, 5.74) is 1.30. The van der Waals surface area contributed by atoms with Gasteiger partial charge in [0.25, 0.3) is 0 Å². The first-order valence-electron chi connectivity index (χ1n) is 8.52. The molecular weight excluding hydrogens is 328 g/mol. The van der Waals surface area contributed by atoms with Crippen LogP contribution in [0.25, 0.3) is 0 Å². The fourth-order valence-corrected chi connectivity index (χ4v) is 4.95. The molecule has 2 aromatic carbocycles. The smallest absolute Gasteiger partial charge is 0.0941 e. The van der Waals surface area contributed by atoms with E-state index in [0.717, 1.165) is 5.75 Å². The summed E-state index contributed by atoms with van der Waals surface area (Å²) in [6.45, 7) is 14.4. The maximum atomic E-state index is 3.94. The van der Waals surface area contributed by atoms with Gasteiger partial charge in [-0.05, 0) is 69.3 Å². The number of hydrogen-bond acceptors (Lipinski definition) is 1. The largest absolute Gasteiger partial charge is 0.160 e. The second-order valence-electron chi connectivity index (χ2n) is 4.96. The molecule has 0 saturated carbocycles. The van der Waals surface area contributed by atoms with Gasteiger partial charge in [-0.25, -0.2) is 0 Å². The molecule has 0 heterocycles. The van der Waals surface area contributed by atoms with Crippen molar-refractivity contribution in [1.82, 2.24) is 0 Å². The van der Waals surface area contributed by atoms with Gasteiger partial charge in [0.15, 0.2) is 9.80 Å². The standard InChI is InChI=1S/C20H23S2.C2H6/c1-5-19(6-2)22(7-3)20-14-12-18(13-15-20)21-17-10-8-16(4)9-11-17;1-2/h5-6,8-15H,1,7H2,2-4H3;1-2H3/q+1;/b19-6+;. The Hall–Kier alpha value is -1.38. The van der Waals surface area contributed by atoms with Crippen LogP contribution in [0.1, 0.15) is 33.3 Å². The number of benzene rings is 2. The van der Waals surface area contributed by atoms with Gasteiger partial charge in [-0.3, -0.25) is 0 Å². The van der Waals surface area contributed by atoms with Crippen LogP contribution < -0.4 is 0 Å². The SMILES string of the molecule is C=C/C(=C\C)[S+](CC)c1ccc(Sc2ccc(C)cc2)cc1.CC. The molecule has 0 aromatic heterocycles. The third-order valence-corrected chi connectivity index (χ3v) is 6.83. The number of allylic oxidation sites excluding steroid dienone is 2. The quantitative estimate of drug-likeness (QED) is 0.387. The second-order valence-corrected chi connectivity index (χ2v) is 8.41. The third-order valence-electron chi connectivity index (χ3n) is 3.42. The molecular formula is C22H29S2+. The van der Waals surface area contributed by atoms with E-state index in [-0.39, 0.29) is 10.9 Å². The van der Waals surface area contributed by atoms with Crippen LogP contribution in [0.2, 0.25) is 0 Å². The molecule has 0 bridgehead atoms. The Kier molecular flexibility index (Phi) is 9.66. The van der Waals surface area contributed by atoms with Gasteiger partial charge in [-0.1, -0.05) is 49.9 Å². The summed E-state index contributed by atoms with van der Waals surface area (Å²) >= 11 is 1.81. The minimum atomic E-state index is 0.143.